The number of carbonyl (C=O) groups is 2. The molecule has 0 radical (unpaired) electrons. The number of anilines is 1. The highest BCUT2D eigenvalue weighted by Crippen LogP contribution is 2.23. The number of rotatable bonds is 8. The Bertz CT molecular complexity index is 1100. The van der Waals surface area contributed by atoms with Crippen LogP contribution in [0.3, 0.4) is 0 Å². The van der Waals surface area contributed by atoms with E-state index in [4.69, 9.17) is 21.6 Å². The molecule has 0 aromatic heterocycles. The molecule has 0 aliphatic carbocycles. The first-order chi connectivity index (χ1) is 14.2. The van der Waals surface area contributed by atoms with Crippen LogP contribution in [0.4, 0.5) is 10.1 Å². The molecule has 2 rings (SSSR count). The fourth-order valence-corrected chi connectivity index (χ4v) is 3.70. The highest BCUT2D eigenvalue weighted by Gasteiger charge is 2.22. The summed E-state index contributed by atoms with van der Waals surface area (Å²) in [5.41, 5.74) is -0.196. The molecule has 0 heterocycles. The van der Waals surface area contributed by atoms with Crippen molar-refractivity contribution in [2.75, 3.05) is 25.1 Å². The summed E-state index contributed by atoms with van der Waals surface area (Å²) >= 11 is 5.87. The second kappa shape index (κ2) is 10.2. The number of sulfonamides is 1. The van der Waals surface area contributed by atoms with Gasteiger partial charge in [0.15, 0.2) is 6.61 Å². The number of nitriles is 1. The van der Waals surface area contributed by atoms with Gasteiger partial charge in [-0.1, -0.05) is 23.7 Å². The van der Waals surface area contributed by atoms with Crippen LogP contribution in [0.15, 0.2) is 47.4 Å². The number of esters is 1. The van der Waals surface area contributed by atoms with Gasteiger partial charge in [-0.25, -0.2) is 22.3 Å². The molecule has 2 aromatic rings. The van der Waals surface area contributed by atoms with Crippen LogP contribution in [0.1, 0.15) is 16.8 Å². The smallest absolute Gasteiger partial charge is 0.338 e. The molecule has 0 aliphatic heterocycles. The van der Waals surface area contributed by atoms with Crippen molar-refractivity contribution >= 4 is 39.2 Å². The Morgan fingerprint density at radius 1 is 1.27 bits per heavy atom. The molecule has 0 aliphatic rings. The minimum absolute atomic E-state index is 0.0531. The quantitative estimate of drug-likeness (QED) is 0.614. The van der Waals surface area contributed by atoms with E-state index in [9.17, 15) is 22.4 Å². The van der Waals surface area contributed by atoms with E-state index in [-0.39, 0.29) is 34.1 Å². The number of nitrogens with zero attached hydrogens (tertiary/aromatic N) is 2. The molecule has 2 aromatic carbocycles. The number of halogens is 2. The van der Waals surface area contributed by atoms with E-state index in [1.165, 1.54) is 37.4 Å². The first-order valence-corrected chi connectivity index (χ1v) is 10.4. The lowest BCUT2D eigenvalue weighted by atomic mass is 10.2. The molecular weight excluding hydrogens is 437 g/mol. The van der Waals surface area contributed by atoms with Crippen molar-refractivity contribution in [3.05, 3.63) is 58.9 Å². The monoisotopic (exact) mass is 453 g/mol. The highest BCUT2D eigenvalue weighted by molar-refractivity contribution is 7.89. The normalized spacial score (nSPS) is 10.9. The maximum atomic E-state index is 14.1. The minimum Gasteiger partial charge on any atom is -0.452 e. The molecule has 0 saturated carbocycles. The largest absolute Gasteiger partial charge is 0.452 e. The molecule has 0 atom stereocenters. The average molecular weight is 454 g/mol. The predicted molar refractivity (Wildman–Crippen MR) is 107 cm³/mol. The molecule has 0 bridgehead atoms. The SMILES string of the molecule is CNS(=O)(=O)c1cc(C(=O)OCC(=O)N(CCC#N)c2ccccc2F)ccc1Cl. The van der Waals surface area contributed by atoms with Crippen LogP contribution in [0.5, 0.6) is 0 Å². The van der Waals surface area contributed by atoms with E-state index in [0.29, 0.717) is 0 Å². The fraction of sp³-hybridized carbons (Fsp3) is 0.211. The molecule has 11 heteroatoms. The molecule has 30 heavy (non-hydrogen) atoms. The number of hydrogen-bond acceptors (Lipinski definition) is 6. The van der Waals surface area contributed by atoms with Crippen LogP contribution >= 0.6 is 11.6 Å². The van der Waals surface area contributed by atoms with Crippen molar-refractivity contribution in [2.45, 2.75) is 11.3 Å². The number of nitrogens with one attached hydrogen (secondary N) is 1. The standard InChI is InChI=1S/C19H17ClFN3O5S/c1-23-30(27,28)17-11-13(7-8-14(17)20)19(26)29-12-18(25)24(10-4-9-22)16-6-3-2-5-15(16)21/h2-3,5-8,11,23H,4,10,12H2,1H3. The van der Waals surface area contributed by atoms with Crippen molar-refractivity contribution < 1.29 is 27.1 Å². The summed E-state index contributed by atoms with van der Waals surface area (Å²) in [6.45, 7) is -0.839. The van der Waals surface area contributed by atoms with E-state index in [1.54, 1.807) is 0 Å². The number of amides is 1. The summed E-state index contributed by atoms with van der Waals surface area (Å²) < 4.78 is 45.0. The van der Waals surface area contributed by atoms with Crippen molar-refractivity contribution in [2.24, 2.45) is 0 Å². The molecule has 0 fully saturated rings. The number of hydrogen-bond donors (Lipinski definition) is 1. The van der Waals surface area contributed by atoms with Gasteiger partial charge in [-0.2, -0.15) is 5.26 Å². The van der Waals surface area contributed by atoms with Gasteiger partial charge in [-0.15, -0.1) is 0 Å². The predicted octanol–water partition coefficient (Wildman–Crippen LogP) is 2.49. The van der Waals surface area contributed by atoms with Gasteiger partial charge in [-0.3, -0.25) is 4.79 Å². The first kappa shape index (κ1) is 23.3. The molecule has 0 saturated heterocycles. The van der Waals surface area contributed by atoms with Gasteiger partial charge in [0.2, 0.25) is 10.0 Å². The van der Waals surface area contributed by atoms with E-state index < -0.39 is 34.3 Å². The first-order valence-electron chi connectivity index (χ1n) is 8.53. The summed E-state index contributed by atoms with van der Waals surface area (Å²) in [7, 11) is -2.73. The van der Waals surface area contributed by atoms with Crippen LogP contribution < -0.4 is 9.62 Å². The number of benzene rings is 2. The summed E-state index contributed by atoms with van der Waals surface area (Å²) in [5, 5.41) is 8.68. The molecular formula is C19H17ClFN3O5S. The van der Waals surface area contributed by atoms with Gasteiger partial charge < -0.3 is 9.64 Å². The Hall–Kier alpha value is -3.00. The second-order valence-corrected chi connectivity index (χ2v) is 8.10. The Morgan fingerprint density at radius 2 is 1.97 bits per heavy atom. The summed E-state index contributed by atoms with van der Waals surface area (Å²) in [6, 6.07) is 10.8. The van der Waals surface area contributed by atoms with Crippen LogP contribution in [-0.2, 0) is 19.6 Å². The summed E-state index contributed by atoms with van der Waals surface area (Å²) in [4.78, 5) is 25.5. The summed E-state index contributed by atoms with van der Waals surface area (Å²) in [6.07, 6.45) is -0.0591. The third-order valence-corrected chi connectivity index (χ3v) is 5.84. The van der Waals surface area contributed by atoms with Crippen LogP contribution in [0.25, 0.3) is 0 Å². The Labute approximate surface area is 177 Å². The van der Waals surface area contributed by atoms with Gasteiger partial charge in [0, 0.05) is 6.54 Å². The zero-order valence-corrected chi connectivity index (χ0v) is 17.3. The Balaban J connectivity index is 2.18. The van der Waals surface area contributed by atoms with Crippen LogP contribution in [0, 0.1) is 17.1 Å². The number of ether oxygens (including phenoxy) is 1. The molecule has 158 valence electrons. The minimum atomic E-state index is -3.92. The Morgan fingerprint density at radius 3 is 2.60 bits per heavy atom. The molecule has 1 amide bonds. The van der Waals surface area contributed by atoms with Crippen LogP contribution in [-0.4, -0.2) is 40.5 Å². The molecule has 0 unspecified atom stereocenters. The number of para-hydroxylation sites is 1. The average Bonchev–Trinajstić information content (AvgIpc) is 2.73. The van der Waals surface area contributed by atoms with Crippen LogP contribution in [0.2, 0.25) is 5.02 Å². The van der Waals surface area contributed by atoms with Gasteiger partial charge in [0.05, 0.1) is 28.8 Å². The lowest BCUT2D eigenvalue weighted by molar-refractivity contribution is -0.121. The zero-order chi connectivity index (χ0) is 22.3. The molecule has 0 spiro atoms. The maximum Gasteiger partial charge on any atom is 0.338 e. The van der Waals surface area contributed by atoms with E-state index in [2.05, 4.69) is 4.72 Å². The third-order valence-electron chi connectivity index (χ3n) is 3.94. The fourth-order valence-electron chi connectivity index (χ4n) is 2.45. The highest BCUT2D eigenvalue weighted by atomic mass is 35.5. The molecule has 1 N–H and O–H groups in total. The van der Waals surface area contributed by atoms with Crippen molar-refractivity contribution in [3.8, 4) is 6.07 Å². The van der Waals surface area contributed by atoms with Crippen molar-refractivity contribution in [1.29, 1.82) is 5.26 Å². The van der Waals surface area contributed by atoms with E-state index in [0.717, 1.165) is 17.0 Å². The lowest BCUT2D eigenvalue weighted by Crippen LogP contribution is -2.36. The summed E-state index contributed by atoms with van der Waals surface area (Å²) in [5.74, 6) is -2.39. The maximum absolute atomic E-state index is 14.1. The van der Waals surface area contributed by atoms with E-state index in [1.807, 2.05) is 6.07 Å². The third kappa shape index (κ3) is 5.54. The second-order valence-electron chi connectivity index (χ2n) is 5.83. The topological polar surface area (TPSA) is 117 Å². The van der Waals surface area contributed by atoms with Gasteiger partial charge in [0.25, 0.3) is 5.91 Å². The Kier molecular flexibility index (Phi) is 7.88. The van der Waals surface area contributed by atoms with Gasteiger partial charge in [0.1, 0.15) is 10.7 Å². The van der Waals surface area contributed by atoms with Crippen molar-refractivity contribution in [3.63, 3.8) is 0 Å². The van der Waals surface area contributed by atoms with E-state index >= 15 is 0 Å². The lowest BCUT2D eigenvalue weighted by Gasteiger charge is -2.22. The van der Waals surface area contributed by atoms with Crippen molar-refractivity contribution in [1.82, 2.24) is 4.72 Å². The number of carbonyl (C=O) groups excluding carboxylic acids is 2. The molecule has 8 nitrogen and oxygen atoms in total. The van der Waals surface area contributed by atoms with Gasteiger partial charge in [-0.05, 0) is 37.4 Å². The zero-order valence-electron chi connectivity index (χ0n) is 15.8. The van der Waals surface area contributed by atoms with Gasteiger partial charge >= 0.3 is 5.97 Å².